The first-order chi connectivity index (χ1) is 7.40. The van der Waals surface area contributed by atoms with Crippen molar-refractivity contribution in [3.05, 3.63) is 0 Å². The number of hydrogen-bond acceptors (Lipinski definition) is 4. The number of carbonyl (C=O) groups excluding carboxylic acids is 1. The number of carbonyl (C=O) groups is 1. The molecule has 5 heteroatoms. The van der Waals surface area contributed by atoms with Crippen LogP contribution in [-0.4, -0.2) is 47.8 Å². The van der Waals surface area contributed by atoms with Gasteiger partial charge in [-0.2, -0.15) is 5.26 Å². The Balaban J connectivity index is 2.74. The van der Waals surface area contributed by atoms with Crippen molar-refractivity contribution >= 4 is 5.91 Å². The fourth-order valence-corrected chi connectivity index (χ4v) is 1.76. The zero-order chi connectivity index (χ0) is 12.3. The van der Waals surface area contributed by atoms with Crippen molar-refractivity contribution in [1.29, 1.82) is 5.26 Å². The summed E-state index contributed by atoms with van der Waals surface area (Å²) in [6.07, 6.45) is -0.452. The molecule has 0 aromatic carbocycles. The van der Waals surface area contributed by atoms with Crippen LogP contribution in [0.3, 0.4) is 0 Å². The molecule has 0 saturated carbocycles. The summed E-state index contributed by atoms with van der Waals surface area (Å²) in [5, 5.41) is 17.9. The van der Waals surface area contributed by atoms with Gasteiger partial charge in [0.2, 0.25) is 5.91 Å². The molecule has 2 unspecified atom stereocenters. The monoisotopic (exact) mass is 226 g/mol. The average Bonchev–Trinajstić information content (AvgIpc) is 2.27. The molecule has 2 atom stereocenters. The van der Waals surface area contributed by atoms with Crippen LogP contribution in [0, 0.1) is 16.7 Å². The summed E-state index contributed by atoms with van der Waals surface area (Å²) in [6.45, 7) is 5.76. The predicted octanol–water partition coefficient (Wildman–Crippen LogP) is 0.144. The van der Waals surface area contributed by atoms with Crippen LogP contribution in [-0.2, 0) is 9.53 Å². The fraction of sp³-hybridized carbons (Fsp3) is 0.818. The maximum atomic E-state index is 12.0. The number of aliphatic hydroxyl groups excluding tert-OH is 1. The van der Waals surface area contributed by atoms with Crippen LogP contribution < -0.4 is 0 Å². The second-order valence-electron chi connectivity index (χ2n) is 4.70. The minimum Gasteiger partial charge on any atom is -0.394 e. The minimum absolute atomic E-state index is 0.107. The number of nitrogens with zero attached hydrogens (tertiary/aromatic N) is 2. The van der Waals surface area contributed by atoms with Gasteiger partial charge in [0.1, 0.15) is 5.41 Å². The third kappa shape index (κ3) is 2.71. The van der Waals surface area contributed by atoms with Crippen LogP contribution >= 0.6 is 0 Å². The molecule has 90 valence electrons. The lowest BCUT2D eigenvalue weighted by atomic mass is 9.93. The molecule has 16 heavy (non-hydrogen) atoms. The number of morpholine rings is 1. The number of nitriles is 1. The van der Waals surface area contributed by atoms with Crippen molar-refractivity contribution in [1.82, 2.24) is 4.90 Å². The molecule has 1 amide bonds. The summed E-state index contributed by atoms with van der Waals surface area (Å²) in [5.74, 6) is -0.205. The SMILES string of the molecule is CC1CN(C(=O)C(C)(C)C#N)CC(CO)O1. The van der Waals surface area contributed by atoms with Crippen LogP contribution in [0.1, 0.15) is 20.8 Å². The van der Waals surface area contributed by atoms with Gasteiger partial charge in [0, 0.05) is 13.1 Å². The topological polar surface area (TPSA) is 73.6 Å². The quantitative estimate of drug-likeness (QED) is 0.727. The second-order valence-corrected chi connectivity index (χ2v) is 4.70. The number of rotatable bonds is 2. The molecule has 1 saturated heterocycles. The van der Waals surface area contributed by atoms with E-state index in [2.05, 4.69) is 0 Å². The van der Waals surface area contributed by atoms with Gasteiger partial charge in [-0.25, -0.2) is 0 Å². The van der Waals surface area contributed by atoms with Crippen molar-refractivity contribution in [3.8, 4) is 6.07 Å². The first-order valence-electron chi connectivity index (χ1n) is 5.37. The van der Waals surface area contributed by atoms with Gasteiger partial charge in [0.15, 0.2) is 0 Å². The largest absolute Gasteiger partial charge is 0.394 e. The van der Waals surface area contributed by atoms with Gasteiger partial charge >= 0.3 is 0 Å². The summed E-state index contributed by atoms with van der Waals surface area (Å²) in [7, 11) is 0. The number of amides is 1. The van der Waals surface area contributed by atoms with E-state index >= 15 is 0 Å². The molecule has 0 aliphatic carbocycles. The molecule has 0 aromatic rings. The van der Waals surface area contributed by atoms with E-state index in [1.807, 2.05) is 13.0 Å². The maximum Gasteiger partial charge on any atom is 0.242 e. The van der Waals surface area contributed by atoms with Crippen LogP contribution in [0.2, 0.25) is 0 Å². The molecule has 1 aliphatic heterocycles. The zero-order valence-electron chi connectivity index (χ0n) is 9.93. The molecular formula is C11H18N2O3. The van der Waals surface area contributed by atoms with Crippen molar-refractivity contribution in [2.45, 2.75) is 33.0 Å². The highest BCUT2D eigenvalue weighted by atomic mass is 16.5. The normalized spacial score (nSPS) is 26.3. The number of ether oxygens (including phenoxy) is 1. The highest BCUT2D eigenvalue weighted by Crippen LogP contribution is 2.21. The molecule has 0 bridgehead atoms. The molecule has 0 radical (unpaired) electrons. The van der Waals surface area contributed by atoms with E-state index in [1.165, 1.54) is 0 Å². The van der Waals surface area contributed by atoms with E-state index in [-0.39, 0.29) is 24.7 Å². The lowest BCUT2D eigenvalue weighted by molar-refractivity contribution is -0.153. The fourth-order valence-electron chi connectivity index (χ4n) is 1.76. The van der Waals surface area contributed by atoms with Crippen LogP contribution in [0.15, 0.2) is 0 Å². The van der Waals surface area contributed by atoms with E-state index < -0.39 is 5.41 Å². The van der Waals surface area contributed by atoms with Gasteiger partial charge in [-0.05, 0) is 20.8 Å². The zero-order valence-corrected chi connectivity index (χ0v) is 9.93. The Hall–Kier alpha value is -1.12. The third-order valence-electron chi connectivity index (χ3n) is 2.63. The van der Waals surface area contributed by atoms with Gasteiger partial charge in [0.25, 0.3) is 0 Å². The highest BCUT2D eigenvalue weighted by molar-refractivity contribution is 5.84. The predicted molar refractivity (Wildman–Crippen MR) is 57.4 cm³/mol. The highest BCUT2D eigenvalue weighted by Gasteiger charge is 2.36. The lowest BCUT2D eigenvalue weighted by Gasteiger charge is -2.38. The van der Waals surface area contributed by atoms with Crippen molar-refractivity contribution in [2.75, 3.05) is 19.7 Å². The Kier molecular flexibility index (Phi) is 3.89. The maximum absolute atomic E-state index is 12.0. The molecule has 1 heterocycles. The average molecular weight is 226 g/mol. The van der Waals surface area contributed by atoms with Gasteiger partial charge in [-0.1, -0.05) is 0 Å². The Morgan fingerprint density at radius 1 is 1.62 bits per heavy atom. The molecule has 1 rings (SSSR count). The van der Waals surface area contributed by atoms with Crippen molar-refractivity contribution in [3.63, 3.8) is 0 Å². The van der Waals surface area contributed by atoms with Gasteiger partial charge < -0.3 is 14.7 Å². The Morgan fingerprint density at radius 2 is 2.25 bits per heavy atom. The van der Waals surface area contributed by atoms with Gasteiger partial charge in [0.05, 0.1) is 24.9 Å². The third-order valence-corrected chi connectivity index (χ3v) is 2.63. The smallest absolute Gasteiger partial charge is 0.242 e. The Morgan fingerprint density at radius 3 is 2.75 bits per heavy atom. The molecule has 0 aromatic heterocycles. The van der Waals surface area contributed by atoms with Crippen LogP contribution in [0.5, 0.6) is 0 Å². The Bertz CT molecular complexity index is 309. The standard InChI is InChI=1S/C11H18N2O3/c1-8-4-13(5-9(6-14)16-8)10(15)11(2,3)7-12/h8-9,14H,4-6H2,1-3H3. The van der Waals surface area contributed by atoms with E-state index in [0.29, 0.717) is 13.1 Å². The summed E-state index contributed by atoms with van der Waals surface area (Å²) in [5.41, 5.74) is -1.02. The first kappa shape index (κ1) is 12.9. The van der Waals surface area contributed by atoms with Crippen molar-refractivity contribution in [2.24, 2.45) is 5.41 Å². The lowest BCUT2D eigenvalue weighted by Crippen LogP contribution is -2.53. The summed E-state index contributed by atoms with van der Waals surface area (Å²) < 4.78 is 5.44. The second kappa shape index (κ2) is 4.81. The number of hydrogen-bond donors (Lipinski definition) is 1. The first-order valence-corrected chi connectivity index (χ1v) is 5.37. The van der Waals surface area contributed by atoms with E-state index in [4.69, 9.17) is 15.1 Å². The molecule has 1 fully saturated rings. The Labute approximate surface area is 95.6 Å². The van der Waals surface area contributed by atoms with E-state index in [9.17, 15) is 4.79 Å². The summed E-state index contributed by atoms with van der Waals surface area (Å²) >= 11 is 0. The van der Waals surface area contributed by atoms with Crippen LogP contribution in [0.4, 0.5) is 0 Å². The van der Waals surface area contributed by atoms with Crippen LogP contribution in [0.25, 0.3) is 0 Å². The molecular weight excluding hydrogens is 208 g/mol. The van der Waals surface area contributed by atoms with Gasteiger partial charge in [-0.15, -0.1) is 0 Å². The van der Waals surface area contributed by atoms with Crippen molar-refractivity contribution < 1.29 is 14.6 Å². The summed E-state index contributed by atoms with van der Waals surface area (Å²) in [6, 6.07) is 1.99. The molecule has 5 nitrogen and oxygen atoms in total. The summed E-state index contributed by atoms with van der Waals surface area (Å²) in [4.78, 5) is 13.6. The minimum atomic E-state index is -1.02. The van der Waals surface area contributed by atoms with E-state index in [0.717, 1.165) is 0 Å². The molecule has 1 N–H and O–H groups in total. The van der Waals surface area contributed by atoms with Gasteiger partial charge in [-0.3, -0.25) is 4.79 Å². The van der Waals surface area contributed by atoms with E-state index in [1.54, 1.807) is 18.7 Å². The molecule has 0 spiro atoms. The molecule has 1 aliphatic rings. The number of aliphatic hydroxyl groups is 1.